The van der Waals surface area contributed by atoms with Crippen molar-refractivity contribution in [1.82, 2.24) is 10.2 Å². The lowest BCUT2D eigenvalue weighted by Crippen LogP contribution is -2.14. The molecule has 134 valence electrons. The van der Waals surface area contributed by atoms with Gasteiger partial charge >= 0.3 is 0 Å². The van der Waals surface area contributed by atoms with E-state index in [4.69, 9.17) is 0 Å². The number of halogens is 3. The Hall–Kier alpha value is -3.14. The molecule has 0 bridgehead atoms. The van der Waals surface area contributed by atoms with Crippen LogP contribution in [0.5, 0.6) is 0 Å². The van der Waals surface area contributed by atoms with Gasteiger partial charge in [0.15, 0.2) is 11.6 Å². The van der Waals surface area contributed by atoms with Gasteiger partial charge in [0.05, 0.1) is 10.6 Å². The minimum atomic E-state index is -3.95. The van der Waals surface area contributed by atoms with Crippen LogP contribution >= 0.6 is 0 Å². The molecule has 0 aliphatic heterocycles. The van der Waals surface area contributed by atoms with Crippen LogP contribution in [0, 0.1) is 17.5 Å². The second-order valence-corrected chi connectivity index (χ2v) is 6.79. The molecule has 0 atom stereocenters. The Balaban J connectivity index is 1.74. The van der Waals surface area contributed by atoms with E-state index in [1.807, 2.05) is 0 Å². The maximum absolute atomic E-state index is 13.6. The summed E-state index contributed by atoms with van der Waals surface area (Å²) in [7, 11) is -3.95. The summed E-state index contributed by atoms with van der Waals surface area (Å²) in [5.74, 6) is -2.05. The molecule has 0 fully saturated rings. The third kappa shape index (κ3) is 4.09. The van der Waals surface area contributed by atoms with Crippen LogP contribution in [-0.4, -0.2) is 18.6 Å². The van der Waals surface area contributed by atoms with Crippen LogP contribution in [0.2, 0.25) is 0 Å². The van der Waals surface area contributed by atoms with Crippen LogP contribution in [0.3, 0.4) is 0 Å². The van der Waals surface area contributed by atoms with Crippen molar-refractivity contribution >= 4 is 27.3 Å². The van der Waals surface area contributed by atoms with Gasteiger partial charge in [-0.3, -0.25) is 4.72 Å². The first-order valence-electron chi connectivity index (χ1n) is 7.18. The van der Waals surface area contributed by atoms with Gasteiger partial charge in [-0.15, -0.1) is 10.2 Å². The van der Waals surface area contributed by atoms with Gasteiger partial charge in [0, 0.05) is 6.07 Å². The summed E-state index contributed by atoms with van der Waals surface area (Å²) in [5.41, 5.74) is -0.0136. The molecule has 1 aromatic heterocycles. The number of sulfonamides is 1. The SMILES string of the molecule is O=S(=O)(Nc1ccc(Nc2ccc(F)cc2F)nn1)c1ccc(F)cc1. The summed E-state index contributed by atoms with van der Waals surface area (Å²) in [5, 5.41) is 9.99. The average molecular weight is 380 g/mol. The monoisotopic (exact) mass is 380 g/mol. The van der Waals surface area contributed by atoms with E-state index in [-0.39, 0.29) is 22.2 Å². The average Bonchev–Trinajstić information content (AvgIpc) is 2.59. The molecule has 0 unspecified atom stereocenters. The molecule has 0 saturated heterocycles. The number of aromatic nitrogens is 2. The standard InChI is InChI=1S/C16H11F3N4O2S/c17-10-1-4-12(5-2-10)26(24,25)23-16-8-7-15(21-22-16)20-14-6-3-11(18)9-13(14)19/h1-9H,(H,20,21)(H,22,23). The molecule has 0 aliphatic rings. The van der Waals surface area contributed by atoms with Gasteiger partial charge in [-0.1, -0.05) is 0 Å². The van der Waals surface area contributed by atoms with Crippen molar-refractivity contribution < 1.29 is 21.6 Å². The zero-order valence-corrected chi connectivity index (χ0v) is 13.8. The molecular weight excluding hydrogens is 369 g/mol. The number of hydrogen-bond acceptors (Lipinski definition) is 5. The maximum atomic E-state index is 13.6. The smallest absolute Gasteiger partial charge is 0.263 e. The highest BCUT2D eigenvalue weighted by molar-refractivity contribution is 7.92. The van der Waals surface area contributed by atoms with Crippen LogP contribution < -0.4 is 10.0 Å². The Labute approximate surface area is 146 Å². The lowest BCUT2D eigenvalue weighted by Gasteiger charge is -2.09. The summed E-state index contributed by atoms with van der Waals surface area (Å²) in [6.07, 6.45) is 0. The van der Waals surface area contributed by atoms with Crippen molar-refractivity contribution in [2.24, 2.45) is 0 Å². The van der Waals surface area contributed by atoms with Gasteiger partial charge in [0.2, 0.25) is 0 Å². The first-order valence-corrected chi connectivity index (χ1v) is 8.66. The van der Waals surface area contributed by atoms with Crippen molar-refractivity contribution in [2.75, 3.05) is 10.0 Å². The Morgan fingerprint density at radius 1 is 0.769 bits per heavy atom. The van der Waals surface area contributed by atoms with Crippen LogP contribution in [-0.2, 0) is 10.0 Å². The van der Waals surface area contributed by atoms with Crippen LogP contribution in [0.25, 0.3) is 0 Å². The fourth-order valence-electron chi connectivity index (χ4n) is 1.99. The Morgan fingerprint density at radius 3 is 2.00 bits per heavy atom. The van der Waals surface area contributed by atoms with Crippen molar-refractivity contribution in [1.29, 1.82) is 0 Å². The fourth-order valence-corrected chi connectivity index (χ4v) is 2.99. The van der Waals surface area contributed by atoms with Crippen LogP contribution in [0.4, 0.5) is 30.5 Å². The number of benzene rings is 2. The molecule has 0 amide bonds. The lowest BCUT2D eigenvalue weighted by molar-refractivity contribution is 0.586. The molecular formula is C16H11F3N4O2S. The molecule has 6 nitrogen and oxygen atoms in total. The molecule has 10 heteroatoms. The highest BCUT2D eigenvalue weighted by atomic mass is 32.2. The van der Waals surface area contributed by atoms with E-state index in [2.05, 4.69) is 20.2 Å². The Morgan fingerprint density at radius 2 is 1.38 bits per heavy atom. The zero-order valence-electron chi connectivity index (χ0n) is 12.9. The third-order valence-corrected chi connectivity index (χ3v) is 4.59. The molecule has 0 radical (unpaired) electrons. The van der Waals surface area contributed by atoms with Crippen LogP contribution in [0.15, 0.2) is 59.5 Å². The fraction of sp³-hybridized carbons (Fsp3) is 0. The molecule has 0 saturated carbocycles. The number of hydrogen-bond donors (Lipinski definition) is 2. The van der Waals surface area contributed by atoms with E-state index >= 15 is 0 Å². The van der Waals surface area contributed by atoms with E-state index in [1.54, 1.807) is 0 Å². The van der Waals surface area contributed by atoms with Gasteiger partial charge in [0.25, 0.3) is 10.0 Å². The minimum Gasteiger partial charge on any atom is -0.336 e. The topological polar surface area (TPSA) is 84.0 Å². The van der Waals surface area contributed by atoms with Crippen LogP contribution in [0.1, 0.15) is 0 Å². The van der Waals surface area contributed by atoms with Gasteiger partial charge < -0.3 is 5.32 Å². The summed E-state index contributed by atoms with van der Waals surface area (Å²) >= 11 is 0. The zero-order chi connectivity index (χ0) is 18.7. The van der Waals surface area contributed by atoms with E-state index in [9.17, 15) is 21.6 Å². The molecule has 0 spiro atoms. The molecule has 3 aromatic rings. The summed E-state index contributed by atoms with van der Waals surface area (Å²) < 4.78 is 65.9. The van der Waals surface area contributed by atoms with Gasteiger partial charge in [-0.25, -0.2) is 21.6 Å². The second-order valence-electron chi connectivity index (χ2n) is 5.11. The normalized spacial score (nSPS) is 11.2. The quantitative estimate of drug-likeness (QED) is 0.708. The van der Waals surface area contributed by atoms with Gasteiger partial charge in [-0.2, -0.15) is 0 Å². The molecule has 1 heterocycles. The Bertz CT molecular complexity index is 1030. The predicted octanol–water partition coefficient (Wildman–Crippen LogP) is 3.44. The molecule has 2 aromatic carbocycles. The first kappa shape index (κ1) is 17.7. The van der Waals surface area contributed by atoms with Crippen molar-refractivity contribution in [3.8, 4) is 0 Å². The first-order chi connectivity index (χ1) is 12.3. The highest BCUT2D eigenvalue weighted by Crippen LogP contribution is 2.20. The number of rotatable bonds is 5. The number of anilines is 3. The van der Waals surface area contributed by atoms with E-state index in [1.165, 1.54) is 18.2 Å². The second kappa shape index (κ2) is 7.00. The number of nitrogens with zero attached hydrogens (tertiary/aromatic N) is 2. The molecule has 0 aliphatic carbocycles. The van der Waals surface area contributed by atoms with E-state index in [0.717, 1.165) is 30.3 Å². The predicted molar refractivity (Wildman–Crippen MR) is 88.9 cm³/mol. The summed E-state index contributed by atoms with van der Waals surface area (Å²) in [6.45, 7) is 0. The maximum Gasteiger partial charge on any atom is 0.263 e. The Kier molecular flexibility index (Phi) is 4.76. The third-order valence-electron chi connectivity index (χ3n) is 3.22. The minimum absolute atomic E-state index is 0.0136. The van der Waals surface area contributed by atoms with E-state index < -0.39 is 27.5 Å². The van der Waals surface area contributed by atoms with Crippen molar-refractivity contribution in [3.05, 3.63) is 72.0 Å². The summed E-state index contributed by atoms with van der Waals surface area (Å²) in [6, 6.07) is 9.89. The summed E-state index contributed by atoms with van der Waals surface area (Å²) in [4.78, 5) is -0.142. The highest BCUT2D eigenvalue weighted by Gasteiger charge is 2.15. The van der Waals surface area contributed by atoms with E-state index in [0.29, 0.717) is 6.07 Å². The molecule has 26 heavy (non-hydrogen) atoms. The lowest BCUT2D eigenvalue weighted by atomic mass is 10.3. The molecule has 3 rings (SSSR count). The van der Waals surface area contributed by atoms with Gasteiger partial charge in [-0.05, 0) is 48.5 Å². The largest absolute Gasteiger partial charge is 0.336 e. The van der Waals surface area contributed by atoms with Crippen molar-refractivity contribution in [3.63, 3.8) is 0 Å². The van der Waals surface area contributed by atoms with Crippen molar-refractivity contribution in [2.45, 2.75) is 4.90 Å². The number of nitrogens with one attached hydrogen (secondary N) is 2. The molecule has 2 N–H and O–H groups in total. The van der Waals surface area contributed by atoms with Gasteiger partial charge in [0.1, 0.15) is 17.5 Å².